The molecule has 0 bridgehead atoms. The first-order valence-corrected chi connectivity index (χ1v) is 5.66. The second-order valence-corrected chi connectivity index (χ2v) is 4.11. The van der Waals surface area contributed by atoms with Crippen molar-refractivity contribution in [2.24, 2.45) is 0 Å². The molecule has 0 spiro atoms. The standard InChI is InChI=1S/C4H10P.H3O4P/c1-3-5-4-2;1-5(2,3)4/h3-4H2,1-2H3;(H3,1,2,3,4). The van der Waals surface area contributed by atoms with Crippen LogP contribution in [0.1, 0.15) is 13.8 Å². The van der Waals surface area contributed by atoms with Gasteiger partial charge in [-0.15, -0.1) is 0 Å². The van der Waals surface area contributed by atoms with E-state index in [1.165, 1.54) is 12.3 Å². The van der Waals surface area contributed by atoms with Crippen molar-refractivity contribution in [2.45, 2.75) is 13.8 Å². The Morgan fingerprint density at radius 1 is 1.20 bits per heavy atom. The van der Waals surface area contributed by atoms with Crippen LogP contribution in [0.25, 0.3) is 0 Å². The third kappa shape index (κ3) is 75.3. The molecule has 0 aliphatic heterocycles. The van der Waals surface area contributed by atoms with Crippen LogP contribution in [0.5, 0.6) is 0 Å². The maximum Gasteiger partial charge on any atom is 0.466 e. The van der Waals surface area contributed by atoms with E-state index in [2.05, 4.69) is 13.8 Å². The Kier molecular flexibility index (Phi) is 10.1. The highest BCUT2D eigenvalue weighted by Gasteiger charge is 2.00. The smallest absolute Gasteiger partial charge is 0.303 e. The second-order valence-electron chi connectivity index (χ2n) is 1.37. The third-order valence-corrected chi connectivity index (χ3v) is 1.34. The highest BCUT2D eigenvalue weighted by Crippen LogP contribution is 2.25. The van der Waals surface area contributed by atoms with Crippen LogP contribution in [0.15, 0.2) is 0 Å². The van der Waals surface area contributed by atoms with Crippen LogP contribution in [-0.4, -0.2) is 27.0 Å². The van der Waals surface area contributed by atoms with Crippen LogP contribution in [0.4, 0.5) is 0 Å². The van der Waals surface area contributed by atoms with Gasteiger partial charge in [-0.1, -0.05) is 22.4 Å². The summed E-state index contributed by atoms with van der Waals surface area (Å²) in [6, 6.07) is 0. The zero-order valence-corrected chi connectivity index (χ0v) is 7.85. The summed E-state index contributed by atoms with van der Waals surface area (Å²) >= 11 is 0. The van der Waals surface area contributed by atoms with Crippen molar-refractivity contribution in [2.75, 3.05) is 12.3 Å². The first-order chi connectivity index (χ1) is 4.41. The molecule has 3 N–H and O–H groups in total. The van der Waals surface area contributed by atoms with E-state index in [0.29, 0.717) is 0 Å². The lowest BCUT2D eigenvalue weighted by Gasteiger charge is -1.82. The Bertz CT molecular complexity index is 89.2. The maximum atomic E-state index is 8.88. The summed E-state index contributed by atoms with van der Waals surface area (Å²) in [7, 11) is -3.06. The van der Waals surface area contributed by atoms with Gasteiger partial charge in [-0.05, 0) is 12.3 Å². The molecule has 0 rings (SSSR count). The van der Waals surface area contributed by atoms with E-state index in [-0.39, 0.29) is 0 Å². The van der Waals surface area contributed by atoms with E-state index in [1.807, 2.05) is 0 Å². The molecule has 63 valence electrons. The summed E-state index contributed by atoms with van der Waals surface area (Å²) in [6.07, 6.45) is 2.63. The van der Waals surface area contributed by atoms with Gasteiger partial charge in [0.05, 0.1) is 0 Å². The minimum Gasteiger partial charge on any atom is -0.303 e. The van der Waals surface area contributed by atoms with Crippen molar-refractivity contribution in [3.8, 4) is 0 Å². The average Bonchev–Trinajstić information content (AvgIpc) is 1.63. The molecule has 0 aliphatic carbocycles. The average molecular weight is 187 g/mol. The molecule has 0 amide bonds. The van der Waals surface area contributed by atoms with Gasteiger partial charge < -0.3 is 14.7 Å². The topological polar surface area (TPSA) is 77.8 Å². The molecule has 6 heteroatoms. The Balaban J connectivity index is 0. The lowest BCUT2D eigenvalue weighted by molar-refractivity contribution is 0.275. The molecule has 0 heterocycles. The van der Waals surface area contributed by atoms with Gasteiger partial charge in [0.15, 0.2) is 0 Å². The van der Waals surface area contributed by atoms with Crippen LogP contribution < -0.4 is 0 Å². The molecule has 0 aromatic carbocycles. The predicted molar refractivity (Wildman–Crippen MR) is 42.3 cm³/mol. The second kappa shape index (κ2) is 7.64. The first-order valence-electron chi connectivity index (χ1n) is 2.83. The van der Waals surface area contributed by atoms with Crippen molar-refractivity contribution >= 4 is 16.4 Å². The van der Waals surface area contributed by atoms with Gasteiger partial charge in [0.2, 0.25) is 0 Å². The summed E-state index contributed by atoms with van der Waals surface area (Å²) in [6.45, 7) is 4.40. The van der Waals surface area contributed by atoms with Gasteiger partial charge in [0.1, 0.15) is 0 Å². The molecule has 0 saturated carbocycles. The maximum absolute atomic E-state index is 8.88. The fourth-order valence-corrected chi connectivity index (χ4v) is 0.671. The molecule has 0 fully saturated rings. The molecule has 0 aromatic rings. The van der Waals surface area contributed by atoms with Crippen molar-refractivity contribution < 1.29 is 19.2 Å². The number of hydrogen-bond donors (Lipinski definition) is 3. The summed E-state index contributed by atoms with van der Waals surface area (Å²) in [4.78, 5) is 21.6. The summed E-state index contributed by atoms with van der Waals surface area (Å²) in [5, 5.41) is 0. The van der Waals surface area contributed by atoms with Gasteiger partial charge in [-0.2, -0.15) is 0 Å². The van der Waals surface area contributed by atoms with Gasteiger partial charge in [-0.3, -0.25) is 0 Å². The molecule has 0 unspecified atom stereocenters. The van der Waals surface area contributed by atoms with Crippen LogP contribution >= 0.6 is 16.4 Å². The highest BCUT2D eigenvalue weighted by molar-refractivity contribution is 7.45. The van der Waals surface area contributed by atoms with Gasteiger partial charge in [0, 0.05) is 0 Å². The van der Waals surface area contributed by atoms with Gasteiger partial charge in [-0.25, -0.2) is 4.57 Å². The predicted octanol–water partition coefficient (Wildman–Crippen LogP) is 1.04. The Morgan fingerprint density at radius 2 is 1.40 bits per heavy atom. The molecule has 0 saturated heterocycles. The lowest BCUT2D eigenvalue weighted by Crippen LogP contribution is -1.66. The fourth-order valence-electron chi connectivity index (χ4n) is 0.224. The minimum absolute atomic E-state index is 1.32. The van der Waals surface area contributed by atoms with E-state index >= 15 is 0 Å². The van der Waals surface area contributed by atoms with E-state index in [4.69, 9.17) is 19.2 Å². The molecule has 0 atom stereocenters. The van der Waals surface area contributed by atoms with Crippen molar-refractivity contribution in [3.05, 3.63) is 0 Å². The quantitative estimate of drug-likeness (QED) is 0.564. The highest BCUT2D eigenvalue weighted by atomic mass is 31.2. The van der Waals surface area contributed by atoms with Gasteiger partial charge in [0.25, 0.3) is 0 Å². The Labute approximate surface area is 62.7 Å². The van der Waals surface area contributed by atoms with Crippen LogP contribution in [0.3, 0.4) is 0 Å². The Hall–Kier alpha value is 0.540. The van der Waals surface area contributed by atoms with Gasteiger partial charge >= 0.3 is 7.82 Å². The zero-order chi connectivity index (χ0) is 8.62. The molecular weight excluding hydrogens is 174 g/mol. The van der Waals surface area contributed by atoms with Crippen molar-refractivity contribution in [1.29, 1.82) is 0 Å². The molecule has 1 radical (unpaired) electrons. The van der Waals surface area contributed by atoms with E-state index in [9.17, 15) is 0 Å². The fraction of sp³-hybridized carbons (Fsp3) is 1.00. The largest absolute Gasteiger partial charge is 0.466 e. The molecule has 0 aromatic heterocycles. The molecular formula is C4H13O4P2. The number of hydrogen-bond acceptors (Lipinski definition) is 1. The normalized spacial score (nSPS) is 10.1. The minimum atomic E-state index is -4.64. The van der Waals surface area contributed by atoms with E-state index in [0.717, 1.165) is 0 Å². The molecule has 10 heavy (non-hydrogen) atoms. The zero-order valence-electron chi connectivity index (χ0n) is 6.06. The van der Waals surface area contributed by atoms with Crippen LogP contribution in [0, 0.1) is 0 Å². The summed E-state index contributed by atoms with van der Waals surface area (Å²) in [5.74, 6) is 0. The SMILES string of the molecule is CC[P]CC.O=P(O)(O)O. The third-order valence-electron chi connectivity index (χ3n) is 0.447. The summed E-state index contributed by atoms with van der Waals surface area (Å²) < 4.78 is 8.88. The lowest BCUT2D eigenvalue weighted by atomic mass is 11.0. The van der Waals surface area contributed by atoms with Crippen LogP contribution in [-0.2, 0) is 4.57 Å². The van der Waals surface area contributed by atoms with E-state index < -0.39 is 7.82 Å². The Morgan fingerprint density at radius 3 is 1.40 bits per heavy atom. The summed E-state index contributed by atoms with van der Waals surface area (Å²) in [5.41, 5.74) is 0. The van der Waals surface area contributed by atoms with Crippen molar-refractivity contribution in [1.82, 2.24) is 0 Å². The number of rotatable bonds is 2. The van der Waals surface area contributed by atoms with Crippen molar-refractivity contribution in [3.63, 3.8) is 0 Å². The monoisotopic (exact) mass is 187 g/mol. The van der Waals surface area contributed by atoms with E-state index in [1.54, 1.807) is 8.58 Å². The molecule has 0 aliphatic rings. The number of phosphoric acid groups is 1. The first kappa shape index (κ1) is 13.2. The molecule has 4 nitrogen and oxygen atoms in total. The van der Waals surface area contributed by atoms with Crippen LogP contribution in [0.2, 0.25) is 0 Å².